The number of ether oxygens (including phenoxy) is 1. The first kappa shape index (κ1) is 31.0. The Bertz CT molecular complexity index is 3180. The summed E-state index contributed by atoms with van der Waals surface area (Å²) < 4.78 is 13.3. The molecule has 0 saturated heterocycles. The van der Waals surface area contributed by atoms with E-state index < -0.39 is 5.41 Å². The van der Waals surface area contributed by atoms with Crippen LogP contribution in [0.15, 0.2) is 205 Å². The molecule has 1 aliphatic carbocycles. The van der Waals surface area contributed by atoms with Crippen LogP contribution >= 0.6 is 0 Å². The van der Waals surface area contributed by atoms with Crippen molar-refractivity contribution in [2.45, 2.75) is 5.41 Å². The summed E-state index contributed by atoms with van der Waals surface area (Å²) >= 11 is 0. The molecule has 0 radical (unpaired) electrons. The molecule has 0 saturated carbocycles. The van der Waals surface area contributed by atoms with E-state index in [0.29, 0.717) is 0 Å². The zero-order valence-corrected chi connectivity index (χ0v) is 30.3. The van der Waals surface area contributed by atoms with Crippen molar-refractivity contribution >= 4 is 49.8 Å². The van der Waals surface area contributed by atoms with E-state index in [2.05, 4.69) is 193 Å². The molecular formula is C53H33NO2. The van der Waals surface area contributed by atoms with Crippen LogP contribution in [0.1, 0.15) is 22.3 Å². The highest BCUT2D eigenvalue weighted by Gasteiger charge is 2.51. The molecule has 3 nitrogen and oxygen atoms in total. The van der Waals surface area contributed by atoms with Gasteiger partial charge in [-0.05, 0) is 98.8 Å². The minimum Gasteiger partial charge on any atom is -0.457 e. The van der Waals surface area contributed by atoms with Gasteiger partial charge in [0.1, 0.15) is 17.1 Å². The summed E-state index contributed by atoms with van der Waals surface area (Å²) in [6, 6.07) is 71.8. The lowest BCUT2D eigenvalue weighted by Gasteiger charge is -2.40. The third-order valence-electron chi connectivity index (χ3n) is 11.9. The molecule has 1 aromatic heterocycles. The van der Waals surface area contributed by atoms with Crippen LogP contribution in [0.2, 0.25) is 0 Å². The Morgan fingerprint density at radius 1 is 0.411 bits per heavy atom. The van der Waals surface area contributed by atoms with Crippen molar-refractivity contribution in [2.75, 3.05) is 4.90 Å². The summed E-state index contributed by atoms with van der Waals surface area (Å²) in [4.78, 5) is 2.30. The SMILES string of the molecule is c1ccc(N(c2ccc(-c3ccc4c(c3)C3(c5ccccc5Oc5ccc6ccccc6c53)c3ccccc3-4)cc2)c2cccc3c2oc2ccccc23)cc1. The van der Waals surface area contributed by atoms with Crippen LogP contribution in [0.4, 0.5) is 17.1 Å². The van der Waals surface area contributed by atoms with Gasteiger partial charge < -0.3 is 14.1 Å². The number of fused-ring (bicyclic) bond motifs is 14. The molecule has 12 rings (SSSR count). The van der Waals surface area contributed by atoms with E-state index in [1.165, 1.54) is 49.7 Å². The minimum absolute atomic E-state index is 0.567. The second-order valence-corrected chi connectivity index (χ2v) is 14.8. The third-order valence-corrected chi connectivity index (χ3v) is 11.9. The van der Waals surface area contributed by atoms with Gasteiger partial charge in [-0.1, -0.05) is 146 Å². The Balaban J connectivity index is 1.05. The maximum absolute atomic E-state index is 6.76. The van der Waals surface area contributed by atoms with Gasteiger partial charge in [0.15, 0.2) is 5.58 Å². The number of anilines is 3. The van der Waals surface area contributed by atoms with E-state index in [-0.39, 0.29) is 0 Å². The van der Waals surface area contributed by atoms with Crippen molar-refractivity contribution in [2.24, 2.45) is 0 Å². The first-order valence-corrected chi connectivity index (χ1v) is 19.2. The van der Waals surface area contributed by atoms with Crippen LogP contribution in [0, 0.1) is 0 Å². The van der Waals surface area contributed by atoms with Gasteiger partial charge in [-0.15, -0.1) is 0 Å². The third kappa shape index (κ3) is 4.28. The smallest absolute Gasteiger partial charge is 0.159 e. The van der Waals surface area contributed by atoms with Crippen LogP contribution in [0.25, 0.3) is 55.0 Å². The molecule has 1 atom stereocenters. The Labute approximate surface area is 324 Å². The Kier molecular flexibility index (Phi) is 6.55. The maximum Gasteiger partial charge on any atom is 0.159 e. The van der Waals surface area contributed by atoms with E-state index in [1.54, 1.807) is 0 Å². The van der Waals surface area contributed by atoms with E-state index in [1.807, 2.05) is 12.1 Å². The van der Waals surface area contributed by atoms with Gasteiger partial charge in [0.05, 0.1) is 11.1 Å². The molecule has 262 valence electrons. The molecule has 0 N–H and O–H groups in total. The number of hydrogen-bond acceptors (Lipinski definition) is 3. The number of para-hydroxylation sites is 4. The van der Waals surface area contributed by atoms with Gasteiger partial charge in [0.25, 0.3) is 0 Å². The first-order chi connectivity index (χ1) is 27.8. The number of benzene rings is 9. The summed E-state index contributed by atoms with van der Waals surface area (Å²) in [5, 5.41) is 4.63. The standard InChI is InChI=1S/C53H33NO2/c1-2-14-37(15-3-1)54(47-22-12-19-43-42-18-7-10-23-48(42)56-52(43)47)38-29-25-34(26-30-38)36-27-31-41-40-17-6-8-20-44(40)53(46(41)33-36)45-21-9-11-24-49(45)55-50-32-28-35-13-4-5-16-39(35)51(50)53/h1-33H. The summed E-state index contributed by atoms with van der Waals surface area (Å²) in [5.74, 6) is 1.80. The van der Waals surface area contributed by atoms with E-state index in [9.17, 15) is 0 Å². The van der Waals surface area contributed by atoms with Gasteiger partial charge >= 0.3 is 0 Å². The molecule has 9 aromatic carbocycles. The molecule has 0 bridgehead atoms. The molecular weight excluding hydrogens is 683 g/mol. The first-order valence-electron chi connectivity index (χ1n) is 19.2. The molecule has 1 aliphatic heterocycles. The average molecular weight is 716 g/mol. The molecule has 1 spiro atoms. The van der Waals surface area contributed by atoms with Crippen molar-refractivity contribution in [1.29, 1.82) is 0 Å². The largest absolute Gasteiger partial charge is 0.457 e. The van der Waals surface area contributed by atoms with Crippen molar-refractivity contribution in [3.8, 4) is 33.8 Å². The molecule has 10 aromatic rings. The monoisotopic (exact) mass is 715 g/mol. The molecule has 2 heterocycles. The van der Waals surface area contributed by atoms with Crippen LogP contribution in [0.5, 0.6) is 11.5 Å². The lowest BCUT2D eigenvalue weighted by Crippen LogP contribution is -2.32. The molecule has 0 amide bonds. The predicted molar refractivity (Wildman–Crippen MR) is 229 cm³/mol. The molecule has 3 heteroatoms. The fraction of sp³-hybridized carbons (Fsp3) is 0.0189. The minimum atomic E-state index is -0.567. The van der Waals surface area contributed by atoms with Crippen molar-refractivity contribution in [3.63, 3.8) is 0 Å². The van der Waals surface area contributed by atoms with Gasteiger partial charge in [-0.3, -0.25) is 0 Å². The zero-order chi connectivity index (χ0) is 36.8. The second-order valence-electron chi connectivity index (χ2n) is 14.8. The van der Waals surface area contributed by atoms with Crippen LogP contribution < -0.4 is 9.64 Å². The Hall–Kier alpha value is -7.36. The van der Waals surface area contributed by atoms with E-state index >= 15 is 0 Å². The highest BCUT2D eigenvalue weighted by molar-refractivity contribution is 6.10. The second kappa shape index (κ2) is 11.8. The Morgan fingerprint density at radius 3 is 1.98 bits per heavy atom. The van der Waals surface area contributed by atoms with E-state index in [4.69, 9.17) is 9.15 Å². The van der Waals surface area contributed by atoms with Gasteiger partial charge in [-0.25, -0.2) is 0 Å². The lowest BCUT2D eigenvalue weighted by molar-refractivity contribution is 0.438. The highest BCUT2D eigenvalue weighted by atomic mass is 16.5. The summed E-state index contributed by atoms with van der Waals surface area (Å²) in [6.45, 7) is 0. The predicted octanol–water partition coefficient (Wildman–Crippen LogP) is 14.3. The molecule has 1 unspecified atom stereocenters. The fourth-order valence-corrected chi connectivity index (χ4v) is 9.58. The number of nitrogens with zero attached hydrogens (tertiary/aromatic N) is 1. The van der Waals surface area contributed by atoms with Crippen LogP contribution in [0.3, 0.4) is 0 Å². The lowest BCUT2D eigenvalue weighted by atomic mass is 9.64. The molecule has 2 aliphatic rings. The average Bonchev–Trinajstić information content (AvgIpc) is 3.79. The molecule has 56 heavy (non-hydrogen) atoms. The van der Waals surface area contributed by atoms with Gasteiger partial charge in [0.2, 0.25) is 0 Å². The number of hydrogen-bond donors (Lipinski definition) is 0. The van der Waals surface area contributed by atoms with Gasteiger partial charge in [0, 0.05) is 33.3 Å². The maximum atomic E-state index is 6.76. The molecule has 0 fully saturated rings. The van der Waals surface area contributed by atoms with Crippen LogP contribution in [-0.4, -0.2) is 0 Å². The normalized spacial score (nSPS) is 15.0. The summed E-state index contributed by atoms with van der Waals surface area (Å²) in [7, 11) is 0. The van der Waals surface area contributed by atoms with Crippen molar-refractivity contribution in [1.82, 2.24) is 0 Å². The number of furan rings is 1. The Morgan fingerprint density at radius 2 is 1.09 bits per heavy atom. The summed E-state index contributed by atoms with van der Waals surface area (Å²) in [6.07, 6.45) is 0. The van der Waals surface area contributed by atoms with Crippen LogP contribution in [-0.2, 0) is 5.41 Å². The topological polar surface area (TPSA) is 25.6 Å². The quantitative estimate of drug-likeness (QED) is 0.181. The van der Waals surface area contributed by atoms with Gasteiger partial charge in [-0.2, -0.15) is 0 Å². The number of rotatable bonds is 4. The zero-order valence-electron chi connectivity index (χ0n) is 30.3. The fourth-order valence-electron chi connectivity index (χ4n) is 9.58. The van der Waals surface area contributed by atoms with Crippen molar-refractivity contribution < 1.29 is 9.15 Å². The van der Waals surface area contributed by atoms with Crippen molar-refractivity contribution in [3.05, 3.63) is 222 Å². The van der Waals surface area contributed by atoms with E-state index in [0.717, 1.165) is 56.1 Å². The summed E-state index contributed by atoms with van der Waals surface area (Å²) in [5.41, 5.74) is 14.1. The highest BCUT2D eigenvalue weighted by Crippen LogP contribution is 2.63.